The zero-order valence-electron chi connectivity index (χ0n) is 22.8. The van der Waals surface area contributed by atoms with Gasteiger partial charge in [-0.1, -0.05) is 13.8 Å². The van der Waals surface area contributed by atoms with Crippen LogP contribution in [0.2, 0.25) is 0 Å². The molecule has 0 radical (unpaired) electrons. The summed E-state index contributed by atoms with van der Waals surface area (Å²) in [6, 6.07) is 5.69. The molecule has 212 valence electrons. The van der Waals surface area contributed by atoms with E-state index in [0.29, 0.717) is 29.2 Å². The van der Waals surface area contributed by atoms with Crippen molar-refractivity contribution in [3.8, 4) is 17.1 Å². The van der Waals surface area contributed by atoms with Crippen molar-refractivity contribution in [2.24, 2.45) is 29.4 Å². The molecule has 11 heteroatoms. The summed E-state index contributed by atoms with van der Waals surface area (Å²) in [4.78, 5) is 67.9. The number of nitrogens with two attached hydrogens (primary N) is 1. The fraction of sp³-hybridized carbons (Fsp3) is 0.483. The van der Waals surface area contributed by atoms with Crippen LogP contribution in [0.15, 0.2) is 28.7 Å². The minimum absolute atomic E-state index is 0.0132. The molecule has 2 fully saturated rings. The normalized spacial score (nSPS) is 29.9. The zero-order chi connectivity index (χ0) is 29.3. The Morgan fingerprint density at radius 2 is 1.85 bits per heavy atom. The Bertz CT molecular complexity index is 1440. The minimum atomic E-state index is -2.75. The molecular formula is C29H33N3O8. The third-order valence-corrected chi connectivity index (χ3v) is 8.56. The Kier molecular flexibility index (Phi) is 6.80. The predicted molar refractivity (Wildman–Crippen MR) is 141 cm³/mol. The number of nitrogens with one attached hydrogen (secondary N) is 1. The number of ketones is 4. The molecule has 11 nitrogen and oxygen atoms in total. The summed E-state index contributed by atoms with van der Waals surface area (Å²) < 4.78 is 6.03. The summed E-state index contributed by atoms with van der Waals surface area (Å²) in [5.74, 6) is -9.56. The standard InChI is InChI=1S/C29H33N3O8/c1-12(2)31-11-14-5-8-19(40-14)15-6-7-18(33)21-16(15)9-13-10-17-23(32(3)4)25(35)22(28(30)38)27(37)29(17,39)26(36)20(13)24(21)34/h5-8,12-13,17,20,22-23,31,33,39H,9-11H2,1-4H3,(H2,30,38)/t13-,17-,20?,22?,23-,29-/m1/s1. The second-order valence-corrected chi connectivity index (χ2v) is 11.6. The van der Waals surface area contributed by atoms with Gasteiger partial charge in [0.05, 0.1) is 24.1 Å². The van der Waals surface area contributed by atoms with Gasteiger partial charge in [0.1, 0.15) is 17.3 Å². The van der Waals surface area contributed by atoms with Gasteiger partial charge in [-0.3, -0.25) is 28.9 Å². The molecule has 1 aromatic carbocycles. The highest BCUT2D eigenvalue weighted by molar-refractivity contribution is 6.32. The Labute approximate surface area is 230 Å². The molecule has 6 atom stereocenters. The van der Waals surface area contributed by atoms with Crippen LogP contribution in [0.4, 0.5) is 0 Å². The summed E-state index contributed by atoms with van der Waals surface area (Å²) in [7, 11) is 3.10. The maximum absolute atomic E-state index is 13.9. The van der Waals surface area contributed by atoms with E-state index in [1.165, 1.54) is 11.0 Å². The number of nitrogens with zero attached hydrogens (tertiary/aromatic N) is 1. The van der Waals surface area contributed by atoms with Crippen LogP contribution < -0.4 is 11.1 Å². The van der Waals surface area contributed by atoms with Crippen LogP contribution in [0, 0.1) is 23.7 Å². The number of aliphatic hydroxyl groups is 1. The molecule has 1 aromatic heterocycles. The molecule has 40 heavy (non-hydrogen) atoms. The van der Waals surface area contributed by atoms with Crippen molar-refractivity contribution < 1.29 is 38.6 Å². The largest absolute Gasteiger partial charge is 0.507 e. The zero-order valence-corrected chi connectivity index (χ0v) is 22.8. The van der Waals surface area contributed by atoms with E-state index in [2.05, 4.69) is 5.32 Å². The molecule has 3 aliphatic rings. The number of likely N-dealkylation sites (N-methyl/N-ethyl adjacent to an activating group) is 1. The number of Topliss-reactive ketones (excluding diaryl/α,β-unsaturated/α-hetero) is 4. The molecule has 1 heterocycles. The quantitative estimate of drug-likeness (QED) is 0.372. The van der Waals surface area contributed by atoms with Gasteiger partial charge in [0.2, 0.25) is 5.91 Å². The number of furan rings is 1. The van der Waals surface area contributed by atoms with Crippen LogP contribution in [0.25, 0.3) is 11.3 Å². The smallest absolute Gasteiger partial charge is 0.235 e. The van der Waals surface area contributed by atoms with Gasteiger partial charge >= 0.3 is 0 Å². The van der Waals surface area contributed by atoms with E-state index < -0.39 is 64.4 Å². The number of primary amides is 1. The third-order valence-electron chi connectivity index (χ3n) is 8.56. The van der Waals surface area contributed by atoms with Gasteiger partial charge in [-0.05, 0) is 62.7 Å². The fourth-order valence-electron chi connectivity index (χ4n) is 6.76. The molecule has 5 rings (SSSR count). The SMILES string of the molecule is CC(C)NCc1ccc(-c2ccc(O)c3c2C[C@@H]2C[C@@H]4[C@@H](N(C)C)C(=O)C(C(N)=O)C(=O)[C@]4(O)C(=O)C2C3=O)o1. The molecule has 5 N–H and O–H groups in total. The van der Waals surface area contributed by atoms with Crippen molar-refractivity contribution in [3.05, 3.63) is 41.2 Å². The minimum Gasteiger partial charge on any atom is -0.507 e. The highest BCUT2D eigenvalue weighted by Crippen LogP contribution is 2.51. The maximum Gasteiger partial charge on any atom is 0.235 e. The van der Waals surface area contributed by atoms with Gasteiger partial charge in [0, 0.05) is 17.5 Å². The average molecular weight is 552 g/mol. The Morgan fingerprint density at radius 1 is 1.15 bits per heavy atom. The van der Waals surface area contributed by atoms with E-state index in [0.717, 1.165) is 0 Å². The van der Waals surface area contributed by atoms with E-state index >= 15 is 0 Å². The monoisotopic (exact) mass is 551 g/mol. The number of aromatic hydroxyl groups is 1. The van der Waals surface area contributed by atoms with Gasteiger partial charge in [-0.15, -0.1) is 0 Å². The topological polar surface area (TPSA) is 180 Å². The van der Waals surface area contributed by atoms with E-state index in [4.69, 9.17) is 10.2 Å². The van der Waals surface area contributed by atoms with Crippen LogP contribution >= 0.6 is 0 Å². The molecule has 2 unspecified atom stereocenters. The molecule has 3 aliphatic carbocycles. The maximum atomic E-state index is 13.9. The lowest BCUT2D eigenvalue weighted by Gasteiger charge is -2.52. The van der Waals surface area contributed by atoms with Crippen LogP contribution in [0.3, 0.4) is 0 Å². The molecule has 0 aliphatic heterocycles. The molecule has 0 saturated heterocycles. The number of carbonyl (C=O) groups is 5. The molecule has 2 aromatic rings. The number of hydrogen-bond acceptors (Lipinski definition) is 10. The number of benzene rings is 1. The van der Waals surface area contributed by atoms with Gasteiger partial charge in [0.25, 0.3) is 0 Å². The molecule has 2 saturated carbocycles. The summed E-state index contributed by atoms with van der Waals surface area (Å²) in [5, 5.41) is 25.7. The van der Waals surface area contributed by atoms with Crippen molar-refractivity contribution in [3.63, 3.8) is 0 Å². The highest BCUT2D eigenvalue weighted by Gasteiger charge is 2.69. The first-order chi connectivity index (χ1) is 18.8. The Hall–Kier alpha value is -3.67. The number of carbonyl (C=O) groups excluding carboxylic acids is 5. The number of phenolic OH excluding ortho intramolecular Hbond substituents is 1. The van der Waals surface area contributed by atoms with E-state index in [9.17, 15) is 34.2 Å². The van der Waals surface area contributed by atoms with Gasteiger partial charge in [-0.25, -0.2) is 0 Å². The summed E-state index contributed by atoms with van der Waals surface area (Å²) in [6.07, 6.45) is 0.149. The van der Waals surface area contributed by atoms with Crippen molar-refractivity contribution >= 4 is 29.0 Å². The van der Waals surface area contributed by atoms with E-state index in [1.807, 2.05) is 19.9 Å². The Morgan fingerprint density at radius 3 is 2.48 bits per heavy atom. The molecule has 0 spiro atoms. The first-order valence-corrected chi connectivity index (χ1v) is 13.3. The number of phenols is 1. The lowest BCUT2D eigenvalue weighted by atomic mass is 9.52. The van der Waals surface area contributed by atoms with Crippen molar-refractivity contribution in [2.75, 3.05) is 14.1 Å². The Balaban J connectivity index is 1.59. The highest BCUT2D eigenvalue weighted by atomic mass is 16.3. The lowest BCUT2D eigenvalue weighted by molar-refractivity contribution is -0.181. The fourth-order valence-corrected chi connectivity index (χ4v) is 6.76. The van der Waals surface area contributed by atoms with Gasteiger partial charge < -0.3 is 25.7 Å². The van der Waals surface area contributed by atoms with Crippen LogP contribution in [0.1, 0.15) is 41.9 Å². The van der Waals surface area contributed by atoms with Gasteiger partial charge in [0.15, 0.2) is 34.7 Å². The van der Waals surface area contributed by atoms with E-state index in [-0.39, 0.29) is 30.2 Å². The van der Waals surface area contributed by atoms with Crippen LogP contribution in [0.5, 0.6) is 5.75 Å². The third kappa shape index (κ3) is 4.03. The van der Waals surface area contributed by atoms with Crippen molar-refractivity contribution in [1.82, 2.24) is 10.2 Å². The van der Waals surface area contributed by atoms with Crippen molar-refractivity contribution in [1.29, 1.82) is 0 Å². The summed E-state index contributed by atoms with van der Waals surface area (Å²) >= 11 is 0. The first kappa shape index (κ1) is 27.9. The molecule has 1 amide bonds. The summed E-state index contributed by atoms with van der Waals surface area (Å²) in [5.41, 5.74) is 3.61. The number of rotatable bonds is 6. The second kappa shape index (κ2) is 9.76. The average Bonchev–Trinajstić information content (AvgIpc) is 3.33. The second-order valence-electron chi connectivity index (χ2n) is 11.6. The lowest BCUT2D eigenvalue weighted by Crippen LogP contribution is -2.74. The molecular weight excluding hydrogens is 518 g/mol. The predicted octanol–water partition coefficient (Wildman–Crippen LogP) is 0.625. The van der Waals surface area contributed by atoms with Gasteiger partial charge in [-0.2, -0.15) is 0 Å². The number of amides is 1. The number of fused-ring (bicyclic) bond motifs is 3. The van der Waals surface area contributed by atoms with Crippen molar-refractivity contribution in [2.45, 2.75) is 50.9 Å². The van der Waals surface area contributed by atoms with Crippen LogP contribution in [-0.2, 0) is 32.1 Å². The van der Waals surface area contributed by atoms with E-state index in [1.54, 1.807) is 26.2 Å². The summed E-state index contributed by atoms with van der Waals surface area (Å²) in [6.45, 7) is 4.52. The first-order valence-electron chi connectivity index (χ1n) is 13.3. The molecule has 0 bridgehead atoms. The number of hydrogen-bond donors (Lipinski definition) is 4. The van der Waals surface area contributed by atoms with Crippen LogP contribution in [-0.4, -0.2) is 75.9 Å².